The molecule has 1 atom stereocenters. The normalized spacial score (nSPS) is 13.4. The molecule has 0 saturated heterocycles. The quantitative estimate of drug-likeness (QED) is 0.222. The molecule has 0 aromatic heterocycles. The van der Waals surface area contributed by atoms with E-state index in [-0.39, 0.29) is 11.4 Å². The molecule has 0 aliphatic heterocycles. The SMILES string of the molecule is CC(O)(CSc1ccc(F)cc1)C(=O)Nc1ccc(N=[N+]=[N-])c(C(F)(F)F)c1. The Bertz CT molecular complexity index is 910. The van der Waals surface area contributed by atoms with Crippen LogP contribution in [0.25, 0.3) is 10.4 Å². The number of halogens is 4. The molecule has 2 N–H and O–H groups in total. The van der Waals surface area contributed by atoms with Gasteiger partial charge in [-0.1, -0.05) is 11.2 Å². The van der Waals surface area contributed by atoms with Gasteiger partial charge in [0.2, 0.25) is 0 Å². The maximum Gasteiger partial charge on any atom is 0.416 e. The van der Waals surface area contributed by atoms with Crippen LogP contribution in [0.15, 0.2) is 52.5 Å². The summed E-state index contributed by atoms with van der Waals surface area (Å²) in [6.45, 7) is 1.21. The molecule has 0 spiro atoms. The molecule has 0 bridgehead atoms. The zero-order valence-electron chi connectivity index (χ0n) is 14.4. The van der Waals surface area contributed by atoms with E-state index in [9.17, 15) is 27.5 Å². The Hall–Kier alpha value is -2.75. The van der Waals surface area contributed by atoms with E-state index >= 15 is 0 Å². The third kappa shape index (κ3) is 5.62. The van der Waals surface area contributed by atoms with Gasteiger partial charge in [-0.05, 0) is 48.9 Å². The Morgan fingerprint density at radius 3 is 2.46 bits per heavy atom. The second-order valence-corrected chi connectivity index (χ2v) is 6.94. The van der Waals surface area contributed by atoms with E-state index < -0.39 is 34.8 Å². The number of amides is 1. The topological polar surface area (TPSA) is 98.1 Å². The number of alkyl halides is 3. The summed E-state index contributed by atoms with van der Waals surface area (Å²) in [6, 6.07) is 8.05. The minimum absolute atomic E-state index is 0.118. The first-order chi connectivity index (χ1) is 13.0. The smallest absolute Gasteiger partial charge is 0.379 e. The van der Waals surface area contributed by atoms with Gasteiger partial charge in [0.15, 0.2) is 0 Å². The second kappa shape index (κ2) is 8.51. The molecule has 0 saturated carbocycles. The molecule has 2 rings (SSSR count). The van der Waals surface area contributed by atoms with Crippen LogP contribution in [0.3, 0.4) is 0 Å². The molecule has 0 fully saturated rings. The van der Waals surface area contributed by atoms with Gasteiger partial charge >= 0.3 is 6.18 Å². The number of hydrogen-bond donors (Lipinski definition) is 2. The lowest BCUT2D eigenvalue weighted by molar-refractivity contribution is -0.137. The predicted molar refractivity (Wildman–Crippen MR) is 96.6 cm³/mol. The van der Waals surface area contributed by atoms with Crippen molar-refractivity contribution in [3.8, 4) is 0 Å². The first-order valence-corrected chi connectivity index (χ1v) is 8.70. The molecule has 0 heterocycles. The fraction of sp³-hybridized carbons (Fsp3) is 0.235. The molecule has 0 aliphatic rings. The van der Waals surface area contributed by atoms with E-state index in [1.165, 1.54) is 31.2 Å². The average Bonchev–Trinajstić information content (AvgIpc) is 2.62. The number of benzene rings is 2. The molecular weight excluding hydrogens is 400 g/mol. The van der Waals surface area contributed by atoms with Crippen molar-refractivity contribution < 1.29 is 27.5 Å². The van der Waals surface area contributed by atoms with Crippen molar-refractivity contribution in [2.45, 2.75) is 23.6 Å². The number of carbonyl (C=O) groups excluding carboxylic acids is 1. The van der Waals surface area contributed by atoms with Crippen LogP contribution in [-0.2, 0) is 11.0 Å². The van der Waals surface area contributed by atoms with Gasteiger partial charge in [-0.15, -0.1) is 11.8 Å². The highest BCUT2D eigenvalue weighted by atomic mass is 32.2. The predicted octanol–water partition coefficient (Wildman–Crippen LogP) is 5.27. The van der Waals surface area contributed by atoms with Crippen LogP contribution in [0.2, 0.25) is 0 Å². The van der Waals surface area contributed by atoms with Crippen LogP contribution in [0, 0.1) is 5.82 Å². The summed E-state index contributed by atoms with van der Waals surface area (Å²) in [4.78, 5) is 15.2. The van der Waals surface area contributed by atoms with E-state index in [1.54, 1.807) is 0 Å². The summed E-state index contributed by atoms with van der Waals surface area (Å²) in [6.07, 6.45) is -4.80. The Balaban J connectivity index is 2.13. The first kappa shape index (κ1) is 21.5. The molecule has 2 aromatic rings. The number of aliphatic hydroxyl groups is 1. The fourth-order valence-corrected chi connectivity index (χ4v) is 2.97. The van der Waals surface area contributed by atoms with Crippen LogP contribution >= 0.6 is 11.8 Å². The lowest BCUT2D eigenvalue weighted by Gasteiger charge is -2.22. The fourth-order valence-electron chi connectivity index (χ4n) is 2.06. The molecule has 1 amide bonds. The Morgan fingerprint density at radius 1 is 1.25 bits per heavy atom. The number of rotatable bonds is 6. The highest BCUT2D eigenvalue weighted by molar-refractivity contribution is 7.99. The van der Waals surface area contributed by atoms with Crippen LogP contribution in [0.4, 0.5) is 28.9 Å². The van der Waals surface area contributed by atoms with E-state index in [0.29, 0.717) is 11.0 Å². The van der Waals surface area contributed by atoms with Crippen molar-refractivity contribution >= 4 is 29.0 Å². The summed E-state index contributed by atoms with van der Waals surface area (Å²) in [5, 5.41) is 15.5. The third-order valence-corrected chi connectivity index (χ3v) is 4.85. The Morgan fingerprint density at radius 2 is 1.89 bits per heavy atom. The number of hydrogen-bond acceptors (Lipinski definition) is 4. The largest absolute Gasteiger partial charge is 0.416 e. The Labute approximate surface area is 161 Å². The Kier molecular flexibility index (Phi) is 6.55. The van der Waals surface area contributed by atoms with E-state index in [4.69, 9.17) is 5.53 Å². The number of azide groups is 1. The van der Waals surface area contributed by atoms with Gasteiger partial charge in [0.1, 0.15) is 11.4 Å². The lowest BCUT2D eigenvalue weighted by Crippen LogP contribution is -2.42. The molecule has 2 aromatic carbocycles. The molecule has 6 nitrogen and oxygen atoms in total. The van der Waals surface area contributed by atoms with Gasteiger partial charge < -0.3 is 10.4 Å². The van der Waals surface area contributed by atoms with Gasteiger partial charge in [-0.2, -0.15) is 13.2 Å². The van der Waals surface area contributed by atoms with Crippen LogP contribution in [-0.4, -0.2) is 22.4 Å². The van der Waals surface area contributed by atoms with Crippen LogP contribution < -0.4 is 5.32 Å². The van der Waals surface area contributed by atoms with Crippen molar-refractivity contribution in [1.82, 2.24) is 0 Å². The van der Waals surface area contributed by atoms with Crippen molar-refractivity contribution in [2.24, 2.45) is 5.11 Å². The van der Waals surface area contributed by atoms with Crippen molar-refractivity contribution in [1.29, 1.82) is 0 Å². The highest BCUT2D eigenvalue weighted by Crippen LogP contribution is 2.38. The zero-order valence-corrected chi connectivity index (χ0v) is 15.2. The molecule has 11 heteroatoms. The monoisotopic (exact) mass is 414 g/mol. The van der Waals surface area contributed by atoms with E-state index in [0.717, 1.165) is 23.9 Å². The summed E-state index contributed by atoms with van der Waals surface area (Å²) < 4.78 is 52.1. The number of anilines is 1. The minimum Gasteiger partial charge on any atom is -0.379 e. The van der Waals surface area contributed by atoms with Gasteiger partial charge in [0.25, 0.3) is 5.91 Å². The van der Waals surface area contributed by atoms with Gasteiger partial charge in [0.05, 0.1) is 5.56 Å². The molecule has 0 radical (unpaired) electrons. The summed E-state index contributed by atoms with van der Waals surface area (Å²) >= 11 is 1.08. The molecule has 28 heavy (non-hydrogen) atoms. The maximum absolute atomic E-state index is 13.1. The summed E-state index contributed by atoms with van der Waals surface area (Å²) in [5.74, 6) is -1.47. The van der Waals surface area contributed by atoms with Gasteiger partial charge in [0, 0.05) is 26.9 Å². The number of carbonyl (C=O) groups is 1. The molecule has 1 unspecified atom stereocenters. The van der Waals surface area contributed by atoms with Crippen molar-refractivity contribution in [2.75, 3.05) is 11.1 Å². The number of thioether (sulfide) groups is 1. The maximum atomic E-state index is 13.1. The molecule has 0 aliphatic carbocycles. The number of nitrogens with zero attached hydrogens (tertiary/aromatic N) is 3. The standard InChI is InChI=1S/C17H14F4N4O2S/c1-16(27,9-28-12-5-2-10(18)3-6-12)15(26)23-11-4-7-14(24-25-22)13(8-11)17(19,20)21/h2-8,27H,9H2,1H3,(H,23,26). The summed E-state index contributed by atoms with van der Waals surface area (Å²) in [5.41, 5.74) is 4.38. The molecular formula is C17H14F4N4O2S. The van der Waals surface area contributed by atoms with E-state index in [2.05, 4.69) is 15.3 Å². The van der Waals surface area contributed by atoms with Crippen LogP contribution in [0.1, 0.15) is 12.5 Å². The first-order valence-electron chi connectivity index (χ1n) is 7.71. The average molecular weight is 414 g/mol. The zero-order chi connectivity index (χ0) is 20.9. The molecule has 148 valence electrons. The second-order valence-electron chi connectivity index (χ2n) is 5.89. The van der Waals surface area contributed by atoms with Gasteiger partial charge in [-0.3, -0.25) is 4.79 Å². The minimum atomic E-state index is -4.80. The van der Waals surface area contributed by atoms with Crippen molar-refractivity contribution in [3.05, 3.63) is 64.3 Å². The highest BCUT2D eigenvalue weighted by Gasteiger charge is 2.35. The third-order valence-electron chi connectivity index (χ3n) is 3.53. The van der Waals surface area contributed by atoms with Crippen LogP contribution in [0.5, 0.6) is 0 Å². The van der Waals surface area contributed by atoms with Gasteiger partial charge in [-0.25, -0.2) is 4.39 Å². The number of nitrogens with one attached hydrogen (secondary N) is 1. The lowest BCUT2D eigenvalue weighted by atomic mass is 10.1. The van der Waals surface area contributed by atoms with E-state index in [1.807, 2.05) is 0 Å². The summed E-state index contributed by atoms with van der Waals surface area (Å²) in [7, 11) is 0. The van der Waals surface area contributed by atoms with Crippen molar-refractivity contribution in [3.63, 3.8) is 0 Å².